The van der Waals surface area contributed by atoms with Crippen molar-refractivity contribution < 1.29 is 9.90 Å². The first-order valence-electron chi connectivity index (χ1n) is 6.77. The van der Waals surface area contributed by atoms with Crippen molar-refractivity contribution in [2.45, 2.75) is 13.0 Å². The molecule has 0 atom stereocenters. The van der Waals surface area contributed by atoms with Crippen LogP contribution in [-0.2, 0) is 13.0 Å². The summed E-state index contributed by atoms with van der Waals surface area (Å²) in [5.74, 6) is -0.900. The molecule has 0 amide bonds. The van der Waals surface area contributed by atoms with E-state index in [1.807, 2.05) is 18.2 Å². The Kier molecular flexibility index (Phi) is 3.33. The Balaban J connectivity index is 1.84. The van der Waals surface area contributed by atoms with Crippen molar-refractivity contribution in [1.29, 1.82) is 5.26 Å². The third-order valence-electron chi connectivity index (χ3n) is 3.78. The second-order valence-corrected chi connectivity index (χ2v) is 5.13. The van der Waals surface area contributed by atoms with Gasteiger partial charge in [0.25, 0.3) is 0 Å². The molecule has 3 rings (SSSR count). The predicted octanol–water partition coefficient (Wildman–Crippen LogP) is 2.82. The molecule has 1 aliphatic rings. The molecule has 2 aromatic rings. The third kappa shape index (κ3) is 2.59. The van der Waals surface area contributed by atoms with E-state index in [1.54, 1.807) is 24.3 Å². The molecular weight excluding hydrogens is 264 g/mol. The zero-order valence-electron chi connectivity index (χ0n) is 11.4. The number of carbonyl (C=O) groups is 1. The number of carboxylic acid groups (broad SMARTS) is 1. The van der Waals surface area contributed by atoms with Crippen LogP contribution in [0.1, 0.15) is 27.0 Å². The Morgan fingerprint density at radius 1 is 1.24 bits per heavy atom. The second-order valence-electron chi connectivity index (χ2n) is 5.13. The normalized spacial score (nSPS) is 12.8. The van der Waals surface area contributed by atoms with Crippen molar-refractivity contribution in [1.82, 2.24) is 0 Å². The molecule has 1 N–H and O–H groups in total. The fourth-order valence-corrected chi connectivity index (χ4v) is 2.65. The number of benzene rings is 2. The number of fused-ring (bicyclic) bond motifs is 1. The van der Waals surface area contributed by atoms with E-state index in [2.05, 4.69) is 11.0 Å². The molecule has 0 spiro atoms. The van der Waals surface area contributed by atoms with Crippen LogP contribution in [0.4, 0.5) is 5.69 Å². The fraction of sp³-hybridized carbons (Fsp3) is 0.176. The number of carboxylic acids is 1. The number of hydrogen-bond donors (Lipinski definition) is 1. The van der Waals surface area contributed by atoms with Crippen LogP contribution < -0.4 is 4.90 Å². The first-order chi connectivity index (χ1) is 10.2. The van der Waals surface area contributed by atoms with Gasteiger partial charge in [-0.05, 0) is 41.8 Å². The summed E-state index contributed by atoms with van der Waals surface area (Å²) in [5, 5.41) is 17.9. The van der Waals surface area contributed by atoms with Gasteiger partial charge in [0.1, 0.15) is 0 Å². The fourth-order valence-electron chi connectivity index (χ4n) is 2.65. The van der Waals surface area contributed by atoms with Crippen LogP contribution >= 0.6 is 0 Å². The Hall–Kier alpha value is -2.80. The summed E-state index contributed by atoms with van der Waals surface area (Å²) in [5.41, 5.74) is 4.27. The van der Waals surface area contributed by atoms with Crippen LogP contribution in [0.2, 0.25) is 0 Å². The highest BCUT2D eigenvalue weighted by Gasteiger charge is 2.20. The Morgan fingerprint density at radius 2 is 2.00 bits per heavy atom. The topological polar surface area (TPSA) is 64.3 Å². The summed E-state index contributed by atoms with van der Waals surface area (Å²) >= 11 is 0. The number of nitrogens with zero attached hydrogens (tertiary/aromatic N) is 2. The first kappa shape index (κ1) is 13.2. The van der Waals surface area contributed by atoms with Crippen molar-refractivity contribution in [3.8, 4) is 6.07 Å². The van der Waals surface area contributed by atoms with E-state index < -0.39 is 5.97 Å². The van der Waals surface area contributed by atoms with Gasteiger partial charge in [0.2, 0.25) is 0 Å². The molecule has 4 nitrogen and oxygen atoms in total. The van der Waals surface area contributed by atoms with Crippen molar-refractivity contribution in [3.63, 3.8) is 0 Å². The van der Waals surface area contributed by atoms with Gasteiger partial charge in [-0.15, -0.1) is 0 Å². The van der Waals surface area contributed by atoms with Gasteiger partial charge >= 0.3 is 5.97 Å². The molecule has 0 saturated carbocycles. The molecule has 4 heteroatoms. The van der Waals surface area contributed by atoms with E-state index in [0.29, 0.717) is 11.1 Å². The van der Waals surface area contributed by atoms with Gasteiger partial charge in [0.15, 0.2) is 0 Å². The minimum absolute atomic E-state index is 0.320. The number of hydrogen-bond acceptors (Lipinski definition) is 3. The van der Waals surface area contributed by atoms with Gasteiger partial charge in [-0.1, -0.05) is 18.2 Å². The molecule has 0 radical (unpaired) electrons. The zero-order chi connectivity index (χ0) is 14.8. The van der Waals surface area contributed by atoms with Crippen LogP contribution in [0, 0.1) is 11.3 Å². The number of aromatic carboxylic acids is 1. The van der Waals surface area contributed by atoms with Crippen molar-refractivity contribution in [3.05, 3.63) is 64.7 Å². The molecule has 0 fully saturated rings. The quantitative estimate of drug-likeness (QED) is 0.937. The monoisotopic (exact) mass is 278 g/mol. The summed E-state index contributed by atoms with van der Waals surface area (Å²) in [6, 6.07) is 14.9. The summed E-state index contributed by atoms with van der Waals surface area (Å²) in [4.78, 5) is 13.3. The Labute approximate surface area is 122 Å². The molecule has 0 unspecified atom stereocenters. The van der Waals surface area contributed by atoms with E-state index in [1.165, 1.54) is 5.56 Å². The molecule has 0 aromatic heterocycles. The zero-order valence-corrected chi connectivity index (χ0v) is 11.4. The third-order valence-corrected chi connectivity index (χ3v) is 3.78. The highest BCUT2D eigenvalue weighted by Crippen LogP contribution is 2.30. The highest BCUT2D eigenvalue weighted by atomic mass is 16.4. The maximum atomic E-state index is 11.1. The number of anilines is 1. The van der Waals surface area contributed by atoms with Crippen LogP contribution in [-0.4, -0.2) is 17.6 Å². The first-order valence-corrected chi connectivity index (χ1v) is 6.77. The lowest BCUT2D eigenvalue weighted by molar-refractivity contribution is 0.0697. The molecule has 1 aliphatic heterocycles. The molecule has 0 saturated heterocycles. The molecule has 0 aliphatic carbocycles. The average molecular weight is 278 g/mol. The van der Waals surface area contributed by atoms with E-state index in [0.717, 1.165) is 30.8 Å². The van der Waals surface area contributed by atoms with Gasteiger partial charge < -0.3 is 10.0 Å². The largest absolute Gasteiger partial charge is 0.478 e. The van der Waals surface area contributed by atoms with Gasteiger partial charge in [-0.3, -0.25) is 0 Å². The maximum Gasteiger partial charge on any atom is 0.335 e. The summed E-state index contributed by atoms with van der Waals surface area (Å²) in [6.07, 6.45) is 0.936. The lowest BCUT2D eigenvalue weighted by Gasteiger charge is -2.19. The van der Waals surface area contributed by atoms with Gasteiger partial charge in [0.05, 0.1) is 17.2 Å². The summed E-state index contributed by atoms with van der Waals surface area (Å²) in [7, 11) is 0. The van der Waals surface area contributed by atoms with E-state index >= 15 is 0 Å². The molecular formula is C17H14N2O2. The van der Waals surface area contributed by atoms with E-state index in [4.69, 9.17) is 10.4 Å². The predicted molar refractivity (Wildman–Crippen MR) is 79.3 cm³/mol. The van der Waals surface area contributed by atoms with Gasteiger partial charge in [-0.2, -0.15) is 5.26 Å². The maximum absolute atomic E-state index is 11.1. The van der Waals surface area contributed by atoms with Crippen molar-refractivity contribution in [2.24, 2.45) is 0 Å². The van der Waals surface area contributed by atoms with E-state index in [-0.39, 0.29) is 0 Å². The number of nitriles is 1. The van der Waals surface area contributed by atoms with Crippen LogP contribution in [0.5, 0.6) is 0 Å². The highest BCUT2D eigenvalue weighted by molar-refractivity contribution is 5.89. The van der Waals surface area contributed by atoms with Gasteiger partial charge in [0, 0.05) is 18.8 Å². The van der Waals surface area contributed by atoms with Crippen molar-refractivity contribution in [2.75, 3.05) is 11.4 Å². The lowest BCUT2D eigenvalue weighted by atomic mass is 10.1. The number of rotatable bonds is 3. The summed E-state index contributed by atoms with van der Waals surface area (Å²) in [6.45, 7) is 1.61. The second kappa shape index (κ2) is 5.29. The van der Waals surface area contributed by atoms with Crippen LogP contribution in [0.15, 0.2) is 42.5 Å². The molecule has 104 valence electrons. The van der Waals surface area contributed by atoms with Crippen LogP contribution in [0.3, 0.4) is 0 Å². The Morgan fingerprint density at radius 3 is 2.67 bits per heavy atom. The molecule has 2 aromatic carbocycles. The molecule has 1 heterocycles. The smallest absolute Gasteiger partial charge is 0.335 e. The lowest BCUT2D eigenvalue weighted by Crippen LogP contribution is -2.19. The minimum atomic E-state index is -0.900. The Bertz CT molecular complexity index is 729. The standard InChI is InChI=1S/C17H14N2O2/c18-10-12-1-3-13(4-2-12)11-19-8-7-14-5-6-15(17(20)21)9-16(14)19/h1-6,9H,7-8,11H2,(H,20,21). The van der Waals surface area contributed by atoms with Crippen molar-refractivity contribution >= 4 is 11.7 Å². The van der Waals surface area contributed by atoms with Gasteiger partial charge in [-0.25, -0.2) is 4.79 Å². The average Bonchev–Trinajstić information content (AvgIpc) is 2.90. The van der Waals surface area contributed by atoms with Crippen LogP contribution in [0.25, 0.3) is 0 Å². The summed E-state index contributed by atoms with van der Waals surface area (Å²) < 4.78 is 0. The van der Waals surface area contributed by atoms with E-state index in [9.17, 15) is 4.79 Å². The molecule has 0 bridgehead atoms. The SMILES string of the molecule is N#Cc1ccc(CN2CCc3ccc(C(=O)O)cc32)cc1. The molecule has 21 heavy (non-hydrogen) atoms. The minimum Gasteiger partial charge on any atom is -0.478 e.